The molecule has 1 saturated carbocycles. The van der Waals surface area contributed by atoms with Crippen LogP contribution in [0.4, 0.5) is 5.82 Å². The van der Waals surface area contributed by atoms with Crippen molar-refractivity contribution in [3.63, 3.8) is 0 Å². The zero-order valence-corrected chi connectivity index (χ0v) is 14.8. The maximum absolute atomic E-state index is 12.7. The number of aromatic nitrogens is 2. The summed E-state index contributed by atoms with van der Waals surface area (Å²) in [6, 6.07) is 2.27. The number of hydrogen-bond acceptors (Lipinski definition) is 7. The van der Waals surface area contributed by atoms with Crippen molar-refractivity contribution in [2.75, 3.05) is 38.2 Å². The molecular formula is C17H22N4O3S. The van der Waals surface area contributed by atoms with E-state index in [-0.39, 0.29) is 24.4 Å². The quantitative estimate of drug-likeness (QED) is 0.861. The summed E-state index contributed by atoms with van der Waals surface area (Å²) in [4.78, 5) is 24.3. The first-order valence-electron chi connectivity index (χ1n) is 8.74. The molecule has 0 spiro atoms. The predicted octanol–water partition coefficient (Wildman–Crippen LogP) is 1.74. The summed E-state index contributed by atoms with van der Waals surface area (Å²) in [6.07, 6.45) is 2.96. The summed E-state index contributed by atoms with van der Waals surface area (Å²) in [5, 5.41) is 15.7. The van der Waals surface area contributed by atoms with E-state index in [0.29, 0.717) is 32.2 Å². The minimum Gasteiger partial charge on any atom is -0.396 e. The zero-order chi connectivity index (χ0) is 17.2. The Balaban J connectivity index is 1.59. The van der Waals surface area contributed by atoms with Crippen molar-refractivity contribution in [3.8, 4) is 0 Å². The van der Waals surface area contributed by atoms with Gasteiger partial charge in [-0.15, -0.1) is 11.3 Å². The van der Waals surface area contributed by atoms with E-state index < -0.39 is 0 Å². The fourth-order valence-corrected chi connectivity index (χ4v) is 4.30. The van der Waals surface area contributed by atoms with E-state index >= 15 is 0 Å². The molecule has 2 aliphatic rings. The zero-order valence-electron chi connectivity index (χ0n) is 14.0. The summed E-state index contributed by atoms with van der Waals surface area (Å²) >= 11 is 1.52. The maximum atomic E-state index is 12.7. The van der Waals surface area contributed by atoms with Gasteiger partial charge < -0.3 is 20.1 Å². The molecule has 1 aliphatic carbocycles. The second-order valence-corrected chi connectivity index (χ2v) is 7.54. The average molecular weight is 362 g/mol. The van der Waals surface area contributed by atoms with Gasteiger partial charge in [0.05, 0.1) is 18.6 Å². The summed E-state index contributed by atoms with van der Waals surface area (Å²) in [5.41, 5.74) is 0. The number of ether oxygens (including phenoxy) is 1. The number of anilines is 1. The minimum absolute atomic E-state index is 0.138. The van der Waals surface area contributed by atoms with Crippen LogP contribution in [0.5, 0.6) is 0 Å². The summed E-state index contributed by atoms with van der Waals surface area (Å²) in [6.45, 7) is 2.50. The molecule has 0 aromatic carbocycles. The van der Waals surface area contributed by atoms with Crippen molar-refractivity contribution in [2.24, 2.45) is 5.92 Å². The largest absolute Gasteiger partial charge is 0.396 e. The van der Waals surface area contributed by atoms with Crippen molar-refractivity contribution in [3.05, 3.63) is 17.3 Å². The number of morpholine rings is 1. The van der Waals surface area contributed by atoms with Crippen LogP contribution in [-0.2, 0) is 4.74 Å². The first kappa shape index (κ1) is 16.7. The molecule has 0 radical (unpaired) electrons. The Kier molecular flexibility index (Phi) is 4.82. The van der Waals surface area contributed by atoms with Crippen LogP contribution in [0.2, 0.25) is 0 Å². The fourth-order valence-electron chi connectivity index (χ4n) is 3.53. The Morgan fingerprint density at radius 2 is 2.20 bits per heavy atom. The lowest BCUT2D eigenvalue weighted by molar-refractivity contribution is 0.0295. The molecule has 0 bridgehead atoms. The van der Waals surface area contributed by atoms with Gasteiger partial charge in [0.2, 0.25) is 5.82 Å². The SMILES string of the molecule is O=C(c1nc(N[C@@H]2CC[C@H](CO)C2)c2ccsc2n1)N1CCOCC1. The number of hydrogen-bond donors (Lipinski definition) is 2. The molecule has 2 aromatic rings. The topological polar surface area (TPSA) is 87.6 Å². The molecule has 1 saturated heterocycles. The second kappa shape index (κ2) is 7.23. The third kappa shape index (κ3) is 3.47. The highest BCUT2D eigenvalue weighted by molar-refractivity contribution is 7.16. The van der Waals surface area contributed by atoms with Crippen LogP contribution < -0.4 is 5.32 Å². The Morgan fingerprint density at radius 3 is 2.96 bits per heavy atom. The van der Waals surface area contributed by atoms with E-state index in [4.69, 9.17) is 4.74 Å². The van der Waals surface area contributed by atoms with Gasteiger partial charge in [0.25, 0.3) is 5.91 Å². The van der Waals surface area contributed by atoms with Gasteiger partial charge >= 0.3 is 0 Å². The molecular weight excluding hydrogens is 340 g/mol. The lowest BCUT2D eigenvalue weighted by atomic mass is 10.1. The van der Waals surface area contributed by atoms with Crippen LogP contribution in [0.15, 0.2) is 11.4 Å². The second-order valence-electron chi connectivity index (χ2n) is 6.64. The molecule has 2 aromatic heterocycles. The number of fused-ring (bicyclic) bond motifs is 1. The van der Waals surface area contributed by atoms with Gasteiger partial charge in [0.15, 0.2) is 0 Å². The van der Waals surface area contributed by atoms with E-state index in [2.05, 4.69) is 15.3 Å². The number of carbonyl (C=O) groups excluding carboxylic acids is 1. The standard InChI is InChI=1S/C17H22N4O3S/c22-10-11-1-2-12(9-11)18-14-13-3-8-25-16(13)20-15(19-14)17(23)21-4-6-24-7-5-21/h3,8,11-12,22H,1-2,4-7,9-10H2,(H,18,19,20)/t11-,12+/m0/s1. The number of aliphatic hydroxyl groups excluding tert-OH is 1. The number of nitrogens with zero attached hydrogens (tertiary/aromatic N) is 3. The predicted molar refractivity (Wildman–Crippen MR) is 96.0 cm³/mol. The fraction of sp³-hybridized carbons (Fsp3) is 0.588. The van der Waals surface area contributed by atoms with Crippen LogP contribution >= 0.6 is 11.3 Å². The average Bonchev–Trinajstić information content (AvgIpc) is 3.30. The van der Waals surface area contributed by atoms with Crippen LogP contribution in [0, 0.1) is 5.92 Å². The molecule has 4 rings (SSSR count). The van der Waals surface area contributed by atoms with E-state index in [1.54, 1.807) is 4.90 Å². The number of rotatable bonds is 4. The van der Waals surface area contributed by atoms with Crippen molar-refractivity contribution < 1.29 is 14.6 Å². The van der Waals surface area contributed by atoms with E-state index in [0.717, 1.165) is 35.3 Å². The Morgan fingerprint density at radius 1 is 1.36 bits per heavy atom. The number of thiophene rings is 1. The molecule has 8 heteroatoms. The Labute approximate surface area is 150 Å². The van der Waals surface area contributed by atoms with Gasteiger partial charge in [-0.1, -0.05) is 0 Å². The summed E-state index contributed by atoms with van der Waals surface area (Å²) in [7, 11) is 0. The highest BCUT2D eigenvalue weighted by Gasteiger charge is 2.27. The highest BCUT2D eigenvalue weighted by Crippen LogP contribution is 2.31. The van der Waals surface area contributed by atoms with Crippen LogP contribution in [0.25, 0.3) is 10.2 Å². The highest BCUT2D eigenvalue weighted by atomic mass is 32.1. The first-order chi connectivity index (χ1) is 12.2. The Hall–Kier alpha value is -1.77. The molecule has 7 nitrogen and oxygen atoms in total. The summed E-state index contributed by atoms with van der Waals surface area (Å²) < 4.78 is 5.31. The summed E-state index contributed by atoms with van der Waals surface area (Å²) in [5.74, 6) is 1.19. The van der Waals surface area contributed by atoms with E-state index in [1.807, 2.05) is 11.4 Å². The third-order valence-electron chi connectivity index (χ3n) is 4.95. The smallest absolute Gasteiger partial charge is 0.291 e. The minimum atomic E-state index is -0.138. The Bertz CT molecular complexity index is 759. The van der Waals surface area contributed by atoms with Crippen LogP contribution in [-0.4, -0.2) is 64.8 Å². The number of aliphatic hydroxyl groups is 1. The molecule has 25 heavy (non-hydrogen) atoms. The number of amides is 1. The molecule has 0 unspecified atom stereocenters. The van der Waals surface area contributed by atoms with Gasteiger partial charge in [-0.2, -0.15) is 0 Å². The molecule has 134 valence electrons. The number of carbonyl (C=O) groups is 1. The monoisotopic (exact) mass is 362 g/mol. The van der Waals surface area contributed by atoms with Gasteiger partial charge in [-0.25, -0.2) is 9.97 Å². The first-order valence-corrected chi connectivity index (χ1v) is 9.62. The lowest BCUT2D eigenvalue weighted by Gasteiger charge is -2.26. The molecule has 1 aliphatic heterocycles. The maximum Gasteiger partial charge on any atom is 0.291 e. The number of nitrogens with one attached hydrogen (secondary N) is 1. The van der Waals surface area contributed by atoms with Crippen LogP contribution in [0.1, 0.15) is 29.9 Å². The van der Waals surface area contributed by atoms with Crippen molar-refractivity contribution in [1.82, 2.24) is 14.9 Å². The normalized spacial score (nSPS) is 24.0. The molecule has 3 heterocycles. The van der Waals surface area contributed by atoms with Crippen molar-refractivity contribution in [1.29, 1.82) is 0 Å². The lowest BCUT2D eigenvalue weighted by Crippen LogP contribution is -2.41. The molecule has 2 N–H and O–H groups in total. The van der Waals surface area contributed by atoms with Gasteiger partial charge in [0.1, 0.15) is 10.6 Å². The van der Waals surface area contributed by atoms with Crippen molar-refractivity contribution in [2.45, 2.75) is 25.3 Å². The van der Waals surface area contributed by atoms with Gasteiger partial charge in [0, 0.05) is 25.7 Å². The molecule has 1 amide bonds. The molecule has 2 atom stereocenters. The third-order valence-corrected chi connectivity index (χ3v) is 5.76. The van der Waals surface area contributed by atoms with Gasteiger partial charge in [-0.05, 0) is 36.6 Å². The van der Waals surface area contributed by atoms with Crippen LogP contribution in [0.3, 0.4) is 0 Å². The van der Waals surface area contributed by atoms with Gasteiger partial charge in [-0.3, -0.25) is 4.79 Å². The molecule has 2 fully saturated rings. The van der Waals surface area contributed by atoms with E-state index in [1.165, 1.54) is 11.3 Å². The van der Waals surface area contributed by atoms with Crippen molar-refractivity contribution >= 4 is 33.3 Å². The van der Waals surface area contributed by atoms with E-state index in [9.17, 15) is 9.90 Å².